The van der Waals surface area contributed by atoms with Crippen molar-refractivity contribution in [1.82, 2.24) is 20.0 Å². The number of amides is 1. The number of likely N-dealkylation sites (N-methyl/N-ethyl adjacent to an activating group) is 1. The molecule has 1 atom stereocenters. The number of nitrogens with one attached hydrogen (secondary N) is 1. The van der Waals surface area contributed by atoms with Crippen LogP contribution in [-0.2, 0) is 6.54 Å². The highest BCUT2D eigenvalue weighted by Gasteiger charge is 2.23. The van der Waals surface area contributed by atoms with Gasteiger partial charge in [-0.2, -0.15) is 5.10 Å². The van der Waals surface area contributed by atoms with E-state index in [2.05, 4.69) is 41.3 Å². The minimum Gasteiger partial charge on any atom is -0.350 e. The van der Waals surface area contributed by atoms with Crippen LogP contribution in [0.15, 0.2) is 60.7 Å². The number of hydrogen-bond donors (Lipinski definition) is 1. The summed E-state index contributed by atoms with van der Waals surface area (Å²) in [5.74, 6) is -0.190. The zero-order chi connectivity index (χ0) is 21.5. The van der Waals surface area contributed by atoms with Gasteiger partial charge >= 0.3 is 0 Å². The average molecular weight is 425 g/mol. The molecule has 1 heterocycles. The average Bonchev–Trinajstić information content (AvgIpc) is 3.05. The maximum atomic E-state index is 13.0. The predicted molar refractivity (Wildman–Crippen MR) is 122 cm³/mol. The molecule has 0 saturated heterocycles. The number of carbonyl (C=O) groups excluding carboxylic acids is 1. The standard InChI is InChI=1S/C24H29ClN4O/c1-4-28(5-2)21(20-14-10-7-11-15-20)16-26-24(30)22-18(3)27-29(23(22)25)17-19-12-8-6-9-13-19/h6-15,21H,4-5,16-17H2,1-3H3,(H,26,30). The fraction of sp³-hybridized carbons (Fsp3) is 0.333. The second kappa shape index (κ2) is 10.4. The first-order valence-corrected chi connectivity index (χ1v) is 10.8. The molecular weight excluding hydrogens is 396 g/mol. The minimum atomic E-state index is -0.190. The quantitative estimate of drug-likeness (QED) is 0.541. The Labute approximate surface area is 183 Å². The third-order valence-electron chi connectivity index (χ3n) is 5.36. The van der Waals surface area contributed by atoms with E-state index in [0.29, 0.717) is 29.5 Å². The van der Waals surface area contributed by atoms with Crippen molar-refractivity contribution in [3.63, 3.8) is 0 Å². The summed E-state index contributed by atoms with van der Waals surface area (Å²) in [5.41, 5.74) is 3.34. The third-order valence-corrected chi connectivity index (χ3v) is 5.75. The molecule has 2 aromatic carbocycles. The number of nitrogens with zero attached hydrogens (tertiary/aromatic N) is 3. The molecule has 1 aromatic heterocycles. The van der Waals surface area contributed by atoms with Crippen LogP contribution in [0.3, 0.4) is 0 Å². The number of carbonyl (C=O) groups is 1. The lowest BCUT2D eigenvalue weighted by Gasteiger charge is -2.30. The molecule has 0 radical (unpaired) electrons. The highest BCUT2D eigenvalue weighted by molar-refractivity contribution is 6.33. The van der Waals surface area contributed by atoms with Crippen molar-refractivity contribution in [2.75, 3.05) is 19.6 Å². The van der Waals surface area contributed by atoms with Crippen LogP contribution in [0.5, 0.6) is 0 Å². The number of aromatic nitrogens is 2. The Bertz CT molecular complexity index is 952. The largest absolute Gasteiger partial charge is 0.350 e. The zero-order valence-electron chi connectivity index (χ0n) is 17.8. The van der Waals surface area contributed by atoms with Gasteiger partial charge in [0, 0.05) is 6.54 Å². The monoisotopic (exact) mass is 424 g/mol. The van der Waals surface area contributed by atoms with E-state index < -0.39 is 0 Å². The topological polar surface area (TPSA) is 50.2 Å². The molecule has 0 aliphatic rings. The maximum absolute atomic E-state index is 13.0. The summed E-state index contributed by atoms with van der Waals surface area (Å²) < 4.78 is 1.68. The Hall–Kier alpha value is -2.63. The first-order chi connectivity index (χ1) is 14.5. The van der Waals surface area contributed by atoms with Crippen molar-refractivity contribution in [1.29, 1.82) is 0 Å². The second-order valence-electron chi connectivity index (χ2n) is 7.25. The highest BCUT2D eigenvalue weighted by Crippen LogP contribution is 2.23. The lowest BCUT2D eigenvalue weighted by molar-refractivity contribution is 0.0934. The summed E-state index contributed by atoms with van der Waals surface area (Å²) in [6, 6.07) is 20.3. The second-order valence-corrected chi connectivity index (χ2v) is 7.61. The van der Waals surface area contributed by atoms with E-state index in [0.717, 1.165) is 18.7 Å². The first kappa shape index (κ1) is 22.1. The van der Waals surface area contributed by atoms with Gasteiger partial charge in [0.05, 0.1) is 23.8 Å². The van der Waals surface area contributed by atoms with E-state index >= 15 is 0 Å². The van der Waals surface area contributed by atoms with E-state index in [1.807, 2.05) is 55.5 Å². The fourth-order valence-electron chi connectivity index (χ4n) is 3.75. The van der Waals surface area contributed by atoms with Gasteiger partial charge in [-0.05, 0) is 31.1 Å². The molecule has 0 bridgehead atoms. The molecule has 0 fully saturated rings. The smallest absolute Gasteiger partial charge is 0.256 e. The molecule has 1 amide bonds. The van der Waals surface area contributed by atoms with Crippen LogP contribution in [0, 0.1) is 6.92 Å². The van der Waals surface area contributed by atoms with Crippen LogP contribution in [0.2, 0.25) is 5.15 Å². The SMILES string of the molecule is CCN(CC)C(CNC(=O)c1c(C)nn(Cc2ccccc2)c1Cl)c1ccccc1. The zero-order valence-corrected chi connectivity index (χ0v) is 18.6. The molecule has 0 spiro atoms. The molecule has 3 aromatic rings. The minimum absolute atomic E-state index is 0.101. The van der Waals surface area contributed by atoms with Crippen molar-refractivity contribution >= 4 is 17.5 Å². The molecule has 0 aliphatic heterocycles. The van der Waals surface area contributed by atoms with Crippen molar-refractivity contribution in [3.05, 3.63) is 88.2 Å². The van der Waals surface area contributed by atoms with Gasteiger partial charge in [-0.15, -0.1) is 0 Å². The molecule has 1 unspecified atom stereocenters. The first-order valence-electron chi connectivity index (χ1n) is 10.4. The maximum Gasteiger partial charge on any atom is 0.256 e. The molecular formula is C24H29ClN4O. The molecule has 30 heavy (non-hydrogen) atoms. The van der Waals surface area contributed by atoms with E-state index in [9.17, 15) is 4.79 Å². The summed E-state index contributed by atoms with van der Waals surface area (Å²) >= 11 is 6.55. The van der Waals surface area contributed by atoms with E-state index in [-0.39, 0.29) is 11.9 Å². The van der Waals surface area contributed by atoms with E-state index in [1.165, 1.54) is 5.56 Å². The fourth-order valence-corrected chi connectivity index (χ4v) is 4.07. The number of aryl methyl sites for hydroxylation is 1. The van der Waals surface area contributed by atoms with Gasteiger partial charge in [0.1, 0.15) is 5.15 Å². The Kier molecular flexibility index (Phi) is 7.66. The summed E-state index contributed by atoms with van der Waals surface area (Å²) in [7, 11) is 0. The highest BCUT2D eigenvalue weighted by atomic mass is 35.5. The van der Waals surface area contributed by atoms with Crippen LogP contribution in [0.1, 0.15) is 47.1 Å². The Balaban J connectivity index is 1.76. The Morgan fingerprint density at radius 3 is 2.27 bits per heavy atom. The van der Waals surface area contributed by atoms with Crippen LogP contribution in [0.25, 0.3) is 0 Å². The van der Waals surface area contributed by atoms with Gasteiger partial charge in [0.25, 0.3) is 5.91 Å². The van der Waals surface area contributed by atoms with Crippen LogP contribution >= 0.6 is 11.6 Å². The molecule has 0 saturated carbocycles. The van der Waals surface area contributed by atoms with Crippen molar-refractivity contribution in [3.8, 4) is 0 Å². The molecule has 1 N–H and O–H groups in total. The molecule has 6 heteroatoms. The van der Waals surface area contributed by atoms with Crippen LogP contribution in [0.4, 0.5) is 0 Å². The van der Waals surface area contributed by atoms with Gasteiger partial charge in [0.2, 0.25) is 0 Å². The van der Waals surface area contributed by atoms with Gasteiger partial charge in [-0.3, -0.25) is 9.69 Å². The van der Waals surface area contributed by atoms with Gasteiger partial charge < -0.3 is 5.32 Å². The lowest BCUT2D eigenvalue weighted by Crippen LogP contribution is -2.38. The predicted octanol–water partition coefficient (Wildman–Crippen LogP) is 4.71. The number of halogens is 1. The summed E-state index contributed by atoms with van der Waals surface area (Å²) in [5, 5.41) is 7.95. The summed E-state index contributed by atoms with van der Waals surface area (Å²) in [6.45, 7) is 8.93. The van der Waals surface area contributed by atoms with Crippen LogP contribution in [-0.4, -0.2) is 40.2 Å². The van der Waals surface area contributed by atoms with Crippen molar-refractivity contribution in [2.24, 2.45) is 0 Å². The molecule has 0 aliphatic carbocycles. The Morgan fingerprint density at radius 2 is 1.67 bits per heavy atom. The van der Waals surface area contributed by atoms with Gasteiger partial charge in [0.15, 0.2) is 0 Å². The van der Waals surface area contributed by atoms with Crippen LogP contribution < -0.4 is 5.32 Å². The third kappa shape index (κ3) is 5.10. The van der Waals surface area contributed by atoms with Gasteiger partial charge in [-0.1, -0.05) is 86.1 Å². The lowest BCUT2D eigenvalue weighted by atomic mass is 10.0. The summed E-state index contributed by atoms with van der Waals surface area (Å²) in [4.78, 5) is 15.4. The van der Waals surface area contributed by atoms with E-state index in [1.54, 1.807) is 4.68 Å². The number of hydrogen-bond acceptors (Lipinski definition) is 3. The van der Waals surface area contributed by atoms with E-state index in [4.69, 9.17) is 11.6 Å². The number of benzene rings is 2. The van der Waals surface area contributed by atoms with Gasteiger partial charge in [-0.25, -0.2) is 4.68 Å². The molecule has 158 valence electrons. The van der Waals surface area contributed by atoms with Crippen molar-refractivity contribution in [2.45, 2.75) is 33.4 Å². The number of rotatable bonds is 9. The molecule has 5 nitrogen and oxygen atoms in total. The Morgan fingerprint density at radius 1 is 1.07 bits per heavy atom. The summed E-state index contributed by atoms with van der Waals surface area (Å²) in [6.07, 6.45) is 0. The normalized spacial score (nSPS) is 12.2. The molecule has 3 rings (SSSR count). The van der Waals surface area contributed by atoms with Crippen molar-refractivity contribution < 1.29 is 4.79 Å².